The Balaban J connectivity index is 0.000000270. The number of ether oxygens (including phenoxy) is 1. The number of aromatic carboxylic acids is 1. The largest absolute Gasteiger partial charge is 0.506 e. The Morgan fingerprint density at radius 2 is 1.47 bits per heavy atom. The Hall–Kier alpha value is -2.17. The van der Waals surface area contributed by atoms with Crippen molar-refractivity contribution in [2.45, 2.75) is 14.4 Å². The van der Waals surface area contributed by atoms with Gasteiger partial charge < -0.3 is 14.9 Å². The molecule has 5 nitrogen and oxygen atoms in total. The van der Waals surface area contributed by atoms with Gasteiger partial charge in [-0.15, -0.1) is 22.7 Å². The number of hydrogen-bond acceptors (Lipinski definition) is 6. The number of benzene rings is 2. The first-order valence-corrected chi connectivity index (χ1v) is 12.2. The highest BCUT2D eigenvalue weighted by atomic mass is 127. The SMILES string of the molecule is C.CI.COc1cc(C(C)=O)cc2ccsc12.O=C(O)c1cc(O)c2sccc2c1. The van der Waals surface area contributed by atoms with Crippen LogP contribution in [0.25, 0.3) is 20.2 Å². The van der Waals surface area contributed by atoms with E-state index in [1.807, 2.05) is 27.8 Å². The molecule has 0 fully saturated rings. The zero-order valence-corrected chi connectivity index (χ0v) is 19.7. The number of phenolic OH excluding ortho intramolecular Hbond substituents is 1. The number of ketones is 1. The molecule has 2 aromatic carbocycles. The highest BCUT2D eigenvalue weighted by Gasteiger charge is 2.09. The number of aromatic hydroxyl groups is 1. The van der Waals surface area contributed by atoms with Gasteiger partial charge in [0.1, 0.15) is 11.5 Å². The number of halogens is 1. The second kappa shape index (κ2) is 11.9. The molecular formula is C22H23IO5S2. The highest BCUT2D eigenvalue weighted by Crippen LogP contribution is 2.32. The van der Waals surface area contributed by atoms with E-state index >= 15 is 0 Å². The third-order valence-corrected chi connectivity index (χ3v) is 5.82. The van der Waals surface area contributed by atoms with Gasteiger partial charge in [-0.25, -0.2) is 4.79 Å². The summed E-state index contributed by atoms with van der Waals surface area (Å²) < 4.78 is 7.06. The van der Waals surface area contributed by atoms with Crippen LogP contribution < -0.4 is 4.74 Å². The third-order valence-electron chi connectivity index (χ3n) is 3.92. The van der Waals surface area contributed by atoms with Gasteiger partial charge in [0.05, 0.1) is 22.1 Å². The van der Waals surface area contributed by atoms with Crippen molar-refractivity contribution in [3.8, 4) is 11.5 Å². The molecule has 0 bridgehead atoms. The number of carbonyl (C=O) groups excluding carboxylic acids is 1. The van der Waals surface area contributed by atoms with Crippen LogP contribution in [0, 0.1) is 0 Å². The second-order valence-corrected chi connectivity index (χ2v) is 7.55. The number of alkyl halides is 1. The number of Topliss-reactive ketones (excluding diaryl/α,β-unsaturated/α-hetero) is 1. The molecule has 0 aliphatic rings. The summed E-state index contributed by atoms with van der Waals surface area (Å²) in [4.78, 5) is 23.8. The topological polar surface area (TPSA) is 83.8 Å². The van der Waals surface area contributed by atoms with Crippen LogP contribution in [0.2, 0.25) is 0 Å². The predicted molar refractivity (Wildman–Crippen MR) is 136 cm³/mol. The third kappa shape index (κ3) is 5.93. The monoisotopic (exact) mass is 558 g/mol. The number of methoxy groups -OCH3 is 1. The lowest BCUT2D eigenvalue weighted by Gasteiger charge is -2.03. The molecule has 0 atom stereocenters. The summed E-state index contributed by atoms with van der Waals surface area (Å²) in [5, 5.41) is 23.8. The van der Waals surface area contributed by atoms with Crippen LogP contribution in [-0.2, 0) is 0 Å². The number of carboxylic acid groups (broad SMARTS) is 1. The molecule has 0 aliphatic carbocycles. The van der Waals surface area contributed by atoms with Crippen LogP contribution in [0.4, 0.5) is 0 Å². The lowest BCUT2D eigenvalue weighted by molar-refractivity contribution is 0.0696. The van der Waals surface area contributed by atoms with E-state index in [0.29, 0.717) is 5.56 Å². The highest BCUT2D eigenvalue weighted by molar-refractivity contribution is 14.1. The fourth-order valence-electron chi connectivity index (χ4n) is 2.59. The first kappa shape index (κ1) is 25.9. The summed E-state index contributed by atoms with van der Waals surface area (Å²) in [6.07, 6.45) is 0. The van der Waals surface area contributed by atoms with Gasteiger partial charge >= 0.3 is 5.97 Å². The average Bonchev–Trinajstić information content (AvgIpc) is 3.38. The fourth-order valence-corrected chi connectivity index (χ4v) is 4.26. The molecule has 2 N–H and O–H groups in total. The average molecular weight is 558 g/mol. The summed E-state index contributed by atoms with van der Waals surface area (Å²) in [5.74, 6) is -0.146. The van der Waals surface area contributed by atoms with E-state index in [9.17, 15) is 14.7 Å². The molecule has 0 saturated carbocycles. The first-order valence-electron chi connectivity index (χ1n) is 8.28. The predicted octanol–water partition coefficient (Wildman–Crippen LogP) is 7.10. The molecule has 160 valence electrons. The van der Waals surface area contributed by atoms with E-state index in [0.717, 1.165) is 25.9 Å². The van der Waals surface area contributed by atoms with Crippen molar-refractivity contribution in [2.75, 3.05) is 12.0 Å². The van der Waals surface area contributed by atoms with E-state index < -0.39 is 5.97 Å². The summed E-state index contributed by atoms with van der Waals surface area (Å²) in [7, 11) is 1.62. The Morgan fingerprint density at radius 1 is 0.933 bits per heavy atom. The number of phenols is 1. The fraction of sp³-hybridized carbons (Fsp3) is 0.182. The Labute approximate surface area is 197 Å². The van der Waals surface area contributed by atoms with Crippen molar-refractivity contribution in [1.29, 1.82) is 0 Å². The maximum atomic E-state index is 11.2. The van der Waals surface area contributed by atoms with Gasteiger partial charge in [0.2, 0.25) is 0 Å². The quantitative estimate of drug-likeness (QED) is 0.159. The van der Waals surface area contributed by atoms with Crippen LogP contribution in [-0.4, -0.2) is 34.0 Å². The molecule has 0 spiro atoms. The summed E-state index contributed by atoms with van der Waals surface area (Å²) in [6, 6.07) is 10.3. The minimum Gasteiger partial charge on any atom is -0.506 e. The Kier molecular flexibility index (Phi) is 10.2. The first-order chi connectivity index (χ1) is 13.9. The molecule has 30 heavy (non-hydrogen) atoms. The summed E-state index contributed by atoms with van der Waals surface area (Å²) in [5.41, 5.74) is 0.816. The Bertz CT molecular complexity index is 1150. The molecule has 2 heterocycles. The van der Waals surface area contributed by atoms with Crippen LogP contribution in [0.1, 0.15) is 35.1 Å². The minimum atomic E-state index is -1.02. The van der Waals surface area contributed by atoms with Crippen molar-refractivity contribution in [1.82, 2.24) is 0 Å². The molecule has 0 amide bonds. The maximum absolute atomic E-state index is 11.2. The lowest BCUT2D eigenvalue weighted by Crippen LogP contribution is -1.94. The number of thiophene rings is 2. The summed E-state index contributed by atoms with van der Waals surface area (Å²) >= 11 is 5.16. The van der Waals surface area contributed by atoms with Crippen molar-refractivity contribution in [3.05, 3.63) is 58.3 Å². The molecule has 0 unspecified atom stereocenters. The molecule has 4 rings (SSSR count). The van der Waals surface area contributed by atoms with Crippen LogP contribution in [0.5, 0.6) is 11.5 Å². The minimum absolute atomic E-state index is 0. The zero-order chi connectivity index (χ0) is 21.6. The van der Waals surface area contributed by atoms with Crippen LogP contribution in [0.3, 0.4) is 0 Å². The van der Waals surface area contributed by atoms with Gasteiger partial charge in [-0.2, -0.15) is 0 Å². The Morgan fingerprint density at radius 3 is 2.00 bits per heavy atom. The number of carbonyl (C=O) groups is 2. The van der Waals surface area contributed by atoms with Gasteiger partial charge in [0, 0.05) is 5.56 Å². The zero-order valence-electron chi connectivity index (χ0n) is 15.9. The van der Waals surface area contributed by atoms with Crippen molar-refractivity contribution < 1.29 is 24.5 Å². The van der Waals surface area contributed by atoms with E-state index in [-0.39, 0.29) is 24.5 Å². The van der Waals surface area contributed by atoms with E-state index in [2.05, 4.69) is 22.6 Å². The van der Waals surface area contributed by atoms with Crippen LogP contribution in [0.15, 0.2) is 47.2 Å². The number of fused-ring (bicyclic) bond motifs is 2. The number of carboxylic acids is 1. The van der Waals surface area contributed by atoms with Gasteiger partial charge in [0.15, 0.2) is 5.78 Å². The smallest absolute Gasteiger partial charge is 0.335 e. The van der Waals surface area contributed by atoms with Crippen molar-refractivity contribution >= 4 is 77.2 Å². The van der Waals surface area contributed by atoms with Crippen LogP contribution >= 0.6 is 45.3 Å². The van der Waals surface area contributed by atoms with Crippen molar-refractivity contribution in [2.24, 2.45) is 0 Å². The lowest BCUT2D eigenvalue weighted by atomic mass is 10.1. The van der Waals surface area contributed by atoms with Crippen molar-refractivity contribution in [3.63, 3.8) is 0 Å². The van der Waals surface area contributed by atoms with Gasteiger partial charge in [-0.3, -0.25) is 4.79 Å². The standard InChI is InChI=1S/C11H10O2S.C9H6O3S.CH3I.CH4/c1-7(12)9-5-8-3-4-14-11(8)10(6-9)13-2;10-7-4-6(9(11)12)3-5-1-2-13-8(5)7;1-2;/h3-6H,1-2H3;1-4,10H,(H,11,12);1H3;1H4. The van der Waals surface area contributed by atoms with Gasteiger partial charge in [-0.05, 0) is 69.8 Å². The molecule has 0 aliphatic heterocycles. The van der Waals surface area contributed by atoms with E-state index in [1.165, 1.54) is 17.4 Å². The molecule has 0 saturated heterocycles. The van der Waals surface area contributed by atoms with Gasteiger partial charge in [-0.1, -0.05) is 30.0 Å². The molecule has 8 heteroatoms. The molecule has 0 radical (unpaired) electrons. The number of rotatable bonds is 3. The molecule has 2 aromatic heterocycles. The molecule has 4 aromatic rings. The normalized spacial score (nSPS) is 9.60. The van der Waals surface area contributed by atoms with E-state index in [4.69, 9.17) is 9.84 Å². The molecular weight excluding hydrogens is 535 g/mol. The van der Waals surface area contributed by atoms with E-state index in [1.54, 1.807) is 43.6 Å². The number of hydrogen-bond donors (Lipinski definition) is 2. The summed E-state index contributed by atoms with van der Waals surface area (Å²) in [6.45, 7) is 1.56. The maximum Gasteiger partial charge on any atom is 0.335 e. The second-order valence-electron chi connectivity index (χ2n) is 5.71. The van der Waals surface area contributed by atoms with Gasteiger partial charge in [0.25, 0.3) is 0 Å².